The monoisotopic (exact) mass is 152 g/mol. The van der Waals surface area contributed by atoms with Gasteiger partial charge in [0.05, 0.1) is 6.26 Å². The molecule has 0 fully saturated rings. The smallest absolute Gasteiger partial charge is 0.0794 e. The van der Waals surface area contributed by atoms with Crippen LogP contribution in [-0.2, 0) is 0 Å². The highest BCUT2D eigenvalue weighted by Gasteiger charge is 1.86. The van der Waals surface area contributed by atoms with E-state index in [2.05, 4.69) is 26.5 Å². The molecule has 0 bridgehead atoms. The third-order valence-corrected chi connectivity index (χ3v) is 1.33. The molecular formula is C10H16O. The van der Waals surface area contributed by atoms with Crippen molar-refractivity contribution in [2.24, 2.45) is 0 Å². The van der Waals surface area contributed by atoms with Gasteiger partial charge in [-0.05, 0) is 32.8 Å². The van der Waals surface area contributed by atoms with E-state index in [0.717, 1.165) is 24.7 Å². The van der Waals surface area contributed by atoms with Gasteiger partial charge in [0.15, 0.2) is 0 Å². The zero-order valence-corrected chi connectivity index (χ0v) is 7.30. The van der Waals surface area contributed by atoms with Crippen LogP contribution in [0.2, 0.25) is 0 Å². The van der Waals surface area contributed by atoms with E-state index in [1.165, 1.54) is 5.57 Å². The molecule has 0 heterocycles. The van der Waals surface area contributed by atoms with Crippen LogP contribution in [-0.4, -0.2) is 5.11 Å². The average molecular weight is 152 g/mol. The van der Waals surface area contributed by atoms with Crippen LogP contribution in [0.1, 0.15) is 26.7 Å². The molecule has 0 aliphatic carbocycles. The van der Waals surface area contributed by atoms with Gasteiger partial charge in [0.1, 0.15) is 0 Å². The van der Waals surface area contributed by atoms with Gasteiger partial charge in [-0.2, -0.15) is 0 Å². The Morgan fingerprint density at radius 1 is 1.45 bits per heavy atom. The van der Waals surface area contributed by atoms with Crippen molar-refractivity contribution in [2.75, 3.05) is 0 Å². The summed E-state index contributed by atoms with van der Waals surface area (Å²) in [5.74, 6) is 0. The zero-order chi connectivity index (χ0) is 8.69. The molecule has 0 aromatic heterocycles. The van der Waals surface area contributed by atoms with Crippen LogP contribution in [0.4, 0.5) is 0 Å². The van der Waals surface area contributed by atoms with Gasteiger partial charge in [-0.15, -0.1) is 0 Å². The summed E-state index contributed by atoms with van der Waals surface area (Å²) < 4.78 is 0. The molecule has 0 spiro atoms. The first-order valence-corrected chi connectivity index (χ1v) is 3.78. The minimum absolute atomic E-state index is 0.919. The van der Waals surface area contributed by atoms with Gasteiger partial charge in [0.25, 0.3) is 0 Å². The lowest BCUT2D eigenvalue weighted by molar-refractivity contribution is 0.473. The molecule has 0 radical (unpaired) electrons. The molecule has 1 heteroatoms. The Balaban J connectivity index is 3.55. The van der Waals surface area contributed by atoms with Crippen molar-refractivity contribution >= 4 is 0 Å². The van der Waals surface area contributed by atoms with E-state index in [1.807, 2.05) is 0 Å². The molecular weight excluding hydrogens is 136 g/mol. The lowest BCUT2D eigenvalue weighted by atomic mass is 10.1. The summed E-state index contributed by atoms with van der Waals surface area (Å²) in [5.41, 5.74) is 2.29. The Morgan fingerprint density at radius 2 is 2.09 bits per heavy atom. The molecule has 62 valence electrons. The number of aliphatic hydroxyl groups excluding tert-OH is 1. The largest absolute Gasteiger partial charge is 0.516 e. The van der Waals surface area contributed by atoms with Gasteiger partial charge >= 0.3 is 0 Å². The van der Waals surface area contributed by atoms with Crippen LogP contribution in [0.3, 0.4) is 0 Å². The summed E-state index contributed by atoms with van der Waals surface area (Å²) >= 11 is 0. The highest BCUT2D eigenvalue weighted by Crippen LogP contribution is 2.05. The van der Waals surface area contributed by atoms with Crippen molar-refractivity contribution in [3.63, 3.8) is 0 Å². The van der Waals surface area contributed by atoms with Gasteiger partial charge in [0.2, 0.25) is 0 Å². The highest BCUT2D eigenvalue weighted by molar-refractivity contribution is 5.13. The van der Waals surface area contributed by atoms with E-state index < -0.39 is 0 Å². The maximum atomic E-state index is 8.39. The van der Waals surface area contributed by atoms with Crippen molar-refractivity contribution in [1.29, 1.82) is 0 Å². The fraction of sp³-hybridized carbons (Fsp3) is 0.400. The summed E-state index contributed by atoms with van der Waals surface area (Å²) in [5, 5.41) is 8.39. The lowest BCUT2D eigenvalue weighted by Gasteiger charge is -1.95. The van der Waals surface area contributed by atoms with Gasteiger partial charge < -0.3 is 5.11 Å². The third kappa shape index (κ3) is 6.91. The molecule has 0 aliphatic rings. The Kier molecular flexibility index (Phi) is 5.26. The maximum absolute atomic E-state index is 8.39. The maximum Gasteiger partial charge on any atom is 0.0794 e. The van der Waals surface area contributed by atoms with Crippen molar-refractivity contribution in [3.8, 4) is 0 Å². The molecule has 0 rings (SSSR count). The SMILES string of the molecule is C=C(/C=C\O)CCC=C(C)C. The normalized spacial score (nSPS) is 10.0. The van der Waals surface area contributed by atoms with Gasteiger partial charge in [0, 0.05) is 0 Å². The molecule has 1 N–H and O–H groups in total. The fourth-order valence-electron chi connectivity index (χ4n) is 0.735. The molecule has 11 heavy (non-hydrogen) atoms. The van der Waals surface area contributed by atoms with Gasteiger partial charge in [-0.1, -0.05) is 23.8 Å². The standard InChI is InChI=1S/C10H16O/c1-9(2)5-4-6-10(3)7-8-11/h5,7-8,11H,3-4,6H2,1-2H3/b8-7-. The zero-order valence-electron chi connectivity index (χ0n) is 7.30. The topological polar surface area (TPSA) is 20.2 Å². The molecule has 0 aliphatic heterocycles. The van der Waals surface area contributed by atoms with E-state index in [1.54, 1.807) is 6.08 Å². The van der Waals surface area contributed by atoms with Crippen LogP contribution < -0.4 is 0 Å². The van der Waals surface area contributed by atoms with E-state index >= 15 is 0 Å². The molecule has 0 atom stereocenters. The summed E-state index contributed by atoms with van der Waals surface area (Å²) in [6.07, 6.45) is 6.74. The van der Waals surface area contributed by atoms with Crippen molar-refractivity contribution < 1.29 is 5.11 Å². The summed E-state index contributed by atoms with van der Waals surface area (Å²) in [6.45, 7) is 7.91. The van der Waals surface area contributed by atoms with E-state index in [4.69, 9.17) is 5.11 Å². The predicted molar refractivity (Wildman–Crippen MR) is 49.6 cm³/mol. The van der Waals surface area contributed by atoms with E-state index in [0.29, 0.717) is 0 Å². The summed E-state index contributed by atoms with van der Waals surface area (Å²) in [6, 6.07) is 0. The molecule has 0 aromatic carbocycles. The van der Waals surface area contributed by atoms with Crippen LogP contribution >= 0.6 is 0 Å². The Labute approximate surface area is 68.7 Å². The number of hydrogen-bond acceptors (Lipinski definition) is 1. The lowest BCUT2D eigenvalue weighted by Crippen LogP contribution is -1.75. The average Bonchev–Trinajstić information content (AvgIpc) is 1.87. The van der Waals surface area contributed by atoms with Crippen molar-refractivity contribution in [1.82, 2.24) is 0 Å². The Bertz CT molecular complexity index is 171. The quantitative estimate of drug-likeness (QED) is 0.372. The second kappa shape index (κ2) is 5.78. The predicted octanol–water partition coefficient (Wildman–Crippen LogP) is 3.36. The van der Waals surface area contributed by atoms with E-state index in [9.17, 15) is 0 Å². The van der Waals surface area contributed by atoms with Gasteiger partial charge in [-0.3, -0.25) is 0 Å². The number of allylic oxidation sites excluding steroid dienone is 4. The van der Waals surface area contributed by atoms with Crippen LogP contribution in [0.5, 0.6) is 0 Å². The van der Waals surface area contributed by atoms with Crippen LogP contribution in [0, 0.1) is 0 Å². The number of hydrogen-bond donors (Lipinski definition) is 1. The highest BCUT2D eigenvalue weighted by atomic mass is 16.2. The molecule has 0 saturated heterocycles. The first kappa shape index (κ1) is 10.0. The summed E-state index contributed by atoms with van der Waals surface area (Å²) in [4.78, 5) is 0. The van der Waals surface area contributed by atoms with Crippen LogP contribution in [0.15, 0.2) is 36.1 Å². The number of aliphatic hydroxyl groups is 1. The van der Waals surface area contributed by atoms with Crippen molar-refractivity contribution in [3.05, 3.63) is 36.1 Å². The first-order valence-electron chi connectivity index (χ1n) is 3.78. The minimum Gasteiger partial charge on any atom is -0.516 e. The first-order chi connectivity index (χ1) is 5.16. The fourth-order valence-corrected chi connectivity index (χ4v) is 0.735. The van der Waals surface area contributed by atoms with Gasteiger partial charge in [-0.25, -0.2) is 0 Å². The molecule has 0 aromatic rings. The second-order valence-electron chi connectivity index (χ2n) is 2.79. The van der Waals surface area contributed by atoms with E-state index in [-0.39, 0.29) is 0 Å². The number of rotatable bonds is 4. The van der Waals surface area contributed by atoms with Crippen LogP contribution in [0.25, 0.3) is 0 Å². The van der Waals surface area contributed by atoms with Crippen molar-refractivity contribution in [2.45, 2.75) is 26.7 Å². The molecule has 0 amide bonds. The molecule has 1 nitrogen and oxygen atoms in total. The second-order valence-corrected chi connectivity index (χ2v) is 2.79. The minimum atomic E-state index is 0.919. The third-order valence-electron chi connectivity index (χ3n) is 1.33. The Morgan fingerprint density at radius 3 is 2.55 bits per heavy atom. The molecule has 0 unspecified atom stereocenters. The summed E-state index contributed by atoms with van der Waals surface area (Å²) in [7, 11) is 0. The molecule has 0 saturated carbocycles. The Hall–Kier alpha value is -0.980.